The van der Waals surface area contributed by atoms with Crippen molar-refractivity contribution >= 4 is 11.4 Å². The number of aryl methyl sites for hydroxylation is 4. The molecule has 4 aromatic carbocycles. The zero-order valence-electron chi connectivity index (χ0n) is 27.6. The van der Waals surface area contributed by atoms with E-state index in [9.17, 15) is 0 Å². The van der Waals surface area contributed by atoms with Crippen LogP contribution in [0.2, 0.25) is 0 Å². The molecule has 0 aliphatic carbocycles. The van der Waals surface area contributed by atoms with Crippen molar-refractivity contribution in [1.82, 2.24) is 0 Å². The highest BCUT2D eigenvalue weighted by Crippen LogP contribution is 2.20. The first kappa shape index (κ1) is 33.4. The minimum Gasteiger partial charge on any atom is -0.399 e. The molecule has 234 valence electrons. The largest absolute Gasteiger partial charge is 0.399 e. The minimum absolute atomic E-state index is 0.831. The van der Waals surface area contributed by atoms with Crippen LogP contribution in [0.4, 0.5) is 11.4 Å². The molecule has 0 aromatic heterocycles. The van der Waals surface area contributed by atoms with Crippen LogP contribution in [0.5, 0.6) is 0 Å². The molecule has 0 aliphatic rings. The monoisotopic (exact) mass is 588 g/mol. The molecule has 2 heteroatoms. The predicted molar refractivity (Wildman–Crippen MR) is 192 cm³/mol. The highest BCUT2D eigenvalue weighted by molar-refractivity contribution is 5.42. The van der Waals surface area contributed by atoms with E-state index >= 15 is 0 Å². The number of anilines is 2. The molecule has 4 aromatic rings. The van der Waals surface area contributed by atoms with Crippen LogP contribution in [0.15, 0.2) is 84.9 Å². The van der Waals surface area contributed by atoms with Gasteiger partial charge in [-0.25, -0.2) is 0 Å². The zero-order valence-corrected chi connectivity index (χ0v) is 27.6. The van der Waals surface area contributed by atoms with Crippen molar-refractivity contribution in [2.75, 3.05) is 11.5 Å². The second-order valence-corrected chi connectivity index (χ2v) is 13.1. The molecular formula is C42H56N2. The lowest BCUT2D eigenvalue weighted by Gasteiger charge is -2.10. The number of rotatable bonds is 19. The average Bonchev–Trinajstić information content (AvgIpc) is 3.01. The van der Waals surface area contributed by atoms with Gasteiger partial charge in [-0.05, 0) is 121 Å². The summed E-state index contributed by atoms with van der Waals surface area (Å²) in [5.41, 5.74) is 24.6. The molecule has 0 saturated heterocycles. The fraction of sp³-hybridized carbons (Fsp3) is 0.429. The molecule has 4 N–H and O–H groups in total. The third-order valence-electron chi connectivity index (χ3n) is 9.23. The molecule has 0 saturated carbocycles. The highest BCUT2D eigenvalue weighted by atomic mass is 14.5. The number of nitrogens with two attached hydrogens (primary N) is 2. The van der Waals surface area contributed by atoms with E-state index in [-0.39, 0.29) is 0 Å². The normalized spacial score (nSPS) is 11.2. The Morgan fingerprint density at radius 2 is 0.659 bits per heavy atom. The summed E-state index contributed by atoms with van der Waals surface area (Å²) in [6, 6.07) is 30.6. The highest BCUT2D eigenvalue weighted by Gasteiger charge is 2.04. The first-order valence-electron chi connectivity index (χ1n) is 17.3. The van der Waals surface area contributed by atoms with Gasteiger partial charge in [0.1, 0.15) is 0 Å². The first-order valence-corrected chi connectivity index (χ1v) is 17.3. The summed E-state index contributed by atoms with van der Waals surface area (Å²) in [5, 5.41) is 0. The number of nitrogen functional groups attached to an aromatic ring is 2. The van der Waals surface area contributed by atoms with E-state index in [1.165, 1.54) is 134 Å². The number of hydrogen-bond acceptors (Lipinski definition) is 2. The molecule has 0 spiro atoms. The van der Waals surface area contributed by atoms with Gasteiger partial charge >= 0.3 is 0 Å². The van der Waals surface area contributed by atoms with Crippen molar-refractivity contribution in [3.8, 4) is 0 Å². The van der Waals surface area contributed by atoms with Gasteiger partial charge in [0.05, 0.1) is 0 Å². The third kappa shape index (κ3) is 11.9. The van der Waals surface area contributed by atoms with E-state index in [4.69, 9.17) is 11.5 Å². The molecule has 0 heterocycles. The van der Waals surface area contributed by atoms with Crippen LogP contribution in [0.3, 0.4) is 0 Å². The molecule has 2 nitrogen and oxygen atoms in total. The summed E-state index contributed by atoms with van der Waals surface area (Å²) in [6.07, 6.45) is 20.9. The van der Waals surface area contributed by atoms with Crippen molar-refractivity contribution in [2.24, 2.45) is 0 Å². The fourth-order valence-corrected chi connectivity index (χ4v) is 6.44. The molecule has 0 bridgehead atoms. The number of benzene rings is 4. The molecule has 0 fully saturated rings. The summed E-state index contributed by atoms with van der Waals surface area (Å²) in [7, 11) is 0. The average molecular weight is 589 g/mol. The molecular weight excluding hydrogens is 532 g/mol. The maximum atomic E-state index is 5.82. The maximum Gasteiger partial charge on any atom is 0.0314 e. The Hall–Kier alpha value is -3.52. The Labute approximate surface area is 268 Å². The van der Waals surface area contributed by atoms with Crippen molar-refractivity contribution in [2.45, 2.75) is 117 Å². The van der Waals surface area contributed by atoms with E-state index in [2.05, 4.69) is 74.5 Å². The van der Waals surface area contributed by atoms with Crippen LogP contribution < -0.4 is 11.5 Å². The quantitative estimate of drug-likeness (QED) is 0.0845. The van der Waals surface area contributed by atoms with Gasteiger partial charge in [0.15, 0.2) is 0 Å². The van der Waals surface area contributed by atoms with Gasteiger partial charge in [0.2, 0.25) is 0 Å². The zero-order chi connectivity index (χ0) is 31.0. The summed E-state index contributed by atoms with van der Waals surface area (Å²) in [6.45, 7) is 4.54. The summed E-state index contributed by atoms with van der Waals surface area (Å²) < 4.78 is 0. The standard InChI is InChI=1S/C42H56N2/c1-33-29-37(31-35-19-25-41(43)26-20-35)17-23-39(33)15-13-11-9-7-5-3-4-6-8-10-12-14-16-40-24-18-38(30-34(40)2)32-36-21-27-42(44)28-22-36/h17-30H,3-16,31-32,43-44H2,1-2H3. The molecule has 44 heavy (non-hydrogen) atoms. The van der Waals surface area contributed by atoms with Crippen LogP contribution in [0, 0.1) is 13.8 Å². The Kier molecular flexibility index (Phi) is 13.9. The van der Waals surface area contributed by atoms with Gasteiger partial charge in [0, 0.05) is 11.4 Å². The minimum atomic E-state index is 0.831. The van der Waals surface area contributed by atoms with Crippen molar-refractivity contribution in [1.29, 1.82) is 0 Å². The van der Waals surface area contributed by atoms with Crippen LogP contribution in [0.1, 0.15) is 122 Å². The van der Waals surface area contributed by atoms with Crippen molar-refractivity contribution in [3.63, 3.8) is 0 Å². The Bertz CT molecular complexity index is 1280. The molecule has 0 atom stereocenters. The van der Waals surface area contributed by atoms with Gasteiger partial charge in [0.25, 0.3) is 0 Å². The van der Waals surface area contributed by atoms with Gasteiger partial charge in [-0.2, -0.15) is 0 Å². The first-order chi connectivity index (χ1) is 21.5. The SMILES string of the molecule is Cc1cc(Cc2ccc(N)cc2)ccc1CCCCCCCCCCCCCCc1ccc(Cc2ccc(N)cc2)cc1C. The topological polar surface area (TPSA) is 52.0 Å². The lowest BCUT2D eigenvalue weighted by atomic mass is 9.96. The van der Waals surface area contributed by atoms with E-state index in [1.807, 2.05) is 24.3 Å². The van der Waals surface area contributed by atoms with Crippen LogP contribution in [-0.4, -0.2) is 0 Å². The summed E-state index contributed by atoms with van der Waals surface area (Å²) >= 11 is 0. The molecule has 4 rings (SSSR count). The van der Waals surface area contributed by atoms with Crippen molar-refractivity contribution < 1.29 is 0 Å². The second-order valence-electron chi connectivity index (χ2n) is 13.1. The second kappa shape index (κ2) is 18.3. The maximum absolute atomic E-state index is 5.82. The third-order valence-corrected chi connectivity index (χ3v) is 9.23. The lowest BCUT2D eigenvalue weighted by Crippen LogP contribution is -1.95. The van der Waals surface area contributed by atoms with Gasteiger partial charge in [-0.3, -0.25) is 0 Å². The number of unbranched alkanes of at least 4 members (excludes halogenated alkanes) is 11. The molecule has 0 unspecified atom stereocenters. The van der Waals surface area contributed by atoms with E-state index < -0.39 is 0 Å². The summed E-state index contributed by atoms with van der Waals surface area (Å²) in [5.74, 6) is 0. The smallest absolute Gasteiger partial charge is 0.0314 e. The lowest BCUT2D eigenvalue weighted by molar-refractivity contribution is 0.540. The number of hydrogen-bond donors (Lipinski definition) is 2. The summed E-state index contributed by atoms with van der Waals surface area (Å²) in [4.78, 5) is 0. The van der Waals surface area contributed by atoms with Gasteiger partial charge in [-0.15, -0.1) is 0 Å². The van der Waals surface area contributed by atoms with E-state index in [1.54, 1.807) is 0 Å². The van der Waals surface area contributed by atoms with Crippen LogP contribution in [-0.2, 0) is 25.7 Å². The Morgan fingerprint density at radius 3 is 0.977 bits per heavy atom. The Balaban J connectivity index is 0.965. The van der Waals surface area contributed by atoms with Crippen molar-refractivity contribution in [3.05, 3.63) is 129 Å². The van der Waals surface area contributed by atoms with E-state index in [0.29, 0.717) is 0 Å². The predicted octanol–water partition coefficient (Wildman–Crippen LogP) is 11.1. The van der Waals surface area contributed by atoms with Gasteiger partial charge < -0.3 is 11.5 Å². The molecule has 0 radical (unpaired) electrons. The fourth-order valence-electron chi connectivity index (χ4n) is 6.44. The Morgan fingerprint density at radius 1 is 0.364 bits per heavy atom. The molecule has 0 aliphatic heterocycles. The van der Waals surface area contributed by atoms with Gasteiger partial charge in [-0.1, -0.05) is 125 Å². The molecule has 0 amide bonds. The van der Waals surface area contributed by atoms with Crippen LogP contribution in [0.25, 0.3) is 0 Å². The van der Waals surface area contributed by atoms with E-state index in [0.717, 1.165) is 24.2 Å². The van der Waals surface area contributed by atoms with Crippen LogP contribution >= 0.6 is 0 Å².